The van der Waals surface area contributed by atoms with Crippen LogP contribution >= 0.6 is 0 Å². The molecule has 0 amide bonds. The Kier molecular flexibility index (Phi) is 11.6. The molecule has 5 heteroatoms. The average Bonchev–Trinajstić information content (AvgIpc) is 3.02. The number of hydrogen-bond donors (Lipinski definition) is 0. The zero-order chi connectivity index (χ0) is 26.2. The minimum Gasteiger partial charge on any atom is -0.466 e. The normalized spacial score (nSPS) is 19.7. The van der Waals surface area contributed by atoms with Crippen molar-refractivity contribution in [2.24, 2.45) is 27.6 Å². The largest absolute Gasteiger partial charge is 0.466 e. The SMILES string of the molecule is CCCC(C)(C(=O)OCCN1CCCCCC1)C(C)(C)C(C)(C)CC(C)(C(=O)OCC)C(C)C. The molecule has 0 aliphatic carbocycles. The van der Waals surface area contributed by atoms with Crippen LogP contribution in [0.4, 0.5) is 0 Å². The molecular weight excluding hydrogens is 426 g/mol. The van der Waals surface area contributed by atoms with Crippen LogP contribution in [0.25, 0.3) is 0 Å². The molecule has 0 bridgehead atoms. The van der Waals surface area contributed by atoms with E-state index in [9.17, 15) is 9.59 Å². The van der Waals surface area contributed by atoms with Crippen LogP contribution in [0.1, 0.15) is 114 Å². The molecule has 0 aromatic rings. The highest BCUT2D eigenvalue weighted by atomic mass is 16.5. The van der Waals surface area contributed by atoms with Gasteiger partial charge in [-0.1, -0.05) is 67.7 Å². The Morgan fingerprint density at radius 2 is 1.41 bits per heavy atom. The lowest BCUT2D eigenvalue weighted by Crippen LogP contribution is -2.54. The minimum absolute atomic E-state index is 0.107. The van der Waals surface area contributed by atoms with Gasteiger partial charge in [0.1, 0.15) is 6.61 Å². The molecule has 0 radical (unpaired) electrons. The van der Waals surface area contributed by atoms with Crippen LogP contribution < -0.4 is 0 Å². The molecular formula is C29H55NO4. The first kappa shape index (κ1) is 30.9. The molecule has 1 aliphatic heterocycles. The first-order chi connectivity index (χ1) is 15.7. The van der Waals surface area contributed by atoms with Gasteiger partial charge in [0.15, 0.2) is 0 Å². The fourth-order valence-electron chi connectivity index (χ4n) is 5.65. The van der Waals surface area contributed by atoms with Crippen LogP contribution in [0, 0.1) is 27.6 Å². The molecule has 1 aliphatic rings. The van der Waals surface area contributed by atoms with Gasteiger partial charge in [-0.2, -0.15) is 0 Å². The predicted octanol–water partition coefficient (Wildman–Crippen LogP) is 6.88. The summed E-state index contributed by atoms with van der Waals surface area (Å²) in [6.45, 7) is 24.9. The molecule has 0 spiro atoms. The third-order valence-electron chi connectivity index (χ3n) is 9.44. The Bertz CT molecular complexity index is 649. The first-order valence-electron chi connectivity index (χ1n) is 13.8. The lowest BCUT2D eigenvalue weighted by Gasteiger charge is -2.54. The van der Waals surface area contributed by atoms with Crippen LogP contribution in [-0.2, 0) is 19.1 Å². The molecule has 1 fully saturated rings. The molecule has 1 saturated heterocycles. The number of ether oxygens (including phenoxy) is 2. The van der Waals surface area contributed by atoms with Crippen molar-refractivity contribution in [1.29, 1.82) is 0 Å². The Morgan fingerprint density at radius 3 is 1.88 bits per heavy atom. The minimum atomic E-state index is -0.656. The van der Waals surface area contributed by atoms with Crippen molar-refractivity contribution in [3.8, 4) is 0 Å². The van der Waals surface area contributed by atoms with Gasteiger partial charge in [0.25, 0.3) is 0 Å². The van der Waals surface area contributed by atoms with E-state index in [1.54, 1.807) is 0 Å². The van der Waals surface area contributed by atoms with Crippen molar-refractivity contribution in [2.75, 3.05) is 32.8 Å². The number of likely N-dealkylation sites (tertiary alicyclic amines) is 1. The number of carbonyl (C=O) groups excluding carboxylic acids is 2. The Hall–Kier alpha value is -1.10. The fraction of sp³-hybridized carbons (Fsp3) is 0.931. The smallest absolute Gasteiger partial charge is 0.312 e. The van der Waals surface area contributed by atoms with Crippen molar-refractivity contribution < 1.29 is 19.1 Å². The Labute approximate surface area is 210 Å². The van der Waals surface area contributed by atoms with Crippen molar-refractivity contribution in [3.63, 3.8) is 0 Å². The van der Waals surface area contributed by atoms with Gasteiger partial charge >= 0.3 is 11.9 Å². The molecule has 2 atom stereocenters. The monoisotopic (exact) mass is 481 g/mol. The molecule has 1 heterocycles. The number of carbonyl (C=O) groups is 2. The molecule has 0 aromatic carbocycles. The summed E-state index contributed by atoms with van der Waals surface area (Å²) in [5, 5.41) is 0. The summed E-state index contributed by atoms with van der Waals surface area (Å²) in [5.41, 5.74) is -2.00. The third kappa shape index (κ3) is 6.98. The summed E-state index contributed by atoms with van der Waals surface area (Å²) in [6, 6.07) is 0. The number of hydrogen-bond acceptors (Lipinski definition) is 5. The molecule has 2 unspecified atom stereocenters. The van der Waals surface area contributed by atoms with E-state index in [2.05, 4.69) is 60.3 Å². The van der Waals surface area contributed by atoms with Crippen molar-refractivity contribution in [2.45, 2.75) is 114 Å². The maximum atomic E-state index is 13.7. The second kappa shape index (κ2) is 12.7. The van der Waals surface area contributed by atoms with E-state index >= 15 is 0 Å². The van der Waals surface area contributed by atoms with Crippen LogP contribution in [0.2, 0.25) is 0 Å². The van der Waals surface area contributed by atoms with Gasteiger partial charge < -0.3 is 9.47 Å². The second-order valence-corrected chi connectivity index (χ2v) is 12.5. The maximum absolute atomic E-state index is 13.7. The summed E-state index contributed by atoms with van der Waals surface area (Å²) in [7, 11) is 0. The quantitative estimate of drug-likeness (QED) is 0.268. The van der Waals surface area contributed by atoms with E-state index in [-0.39, 0.29) is 23.3 Å². The van der Waals surface area contributed by atoms with Crippen LogP contribution in [-0.4, -0.2) is 49.7 Å². The summed E-state index contributed by atoms with van der Waals surface area (Å²) >= 11 is 0. The molecule has 34 heavy (non-hydrogen) atoms. The van der Waals surface area contributed by atoms with E-state index in [1.807, 2.05) is 13.8 Å². The van der Waals surface area contributed by atoms with Gasteiger partial charge in [0, 0.05) is 6.54 Å². The summed E-state index contributed by atoms with van der Waals surface area (Å²) in [5.74, 6) is -0.129. The summed E-state index contributed by atoms with van der Waals surface area (Å²) in [6.07, 6.45) is 7.37. The molecule has 0 aromatic heterocycles. The van der Waals surface area contributed by atoms with Gasteiger partial charge in [0.05, 0.1) is 17.4 Å². The zero-order valence-corrected chi connectivity index (χ0v) is 24.1. The first-order valence-corrected chi connectivity index (χ1v) is 13.8. The van der Waals surface area contributed by atoms with Gasteiger partial charge in [0.2, 0.25) is 0 Å². The zero-order valence-electron chi connectivity index (χ0n) is 24.1. The van der Waals surface area contributed by atoms with Crippen LogP contribution in [0.5, 0.6) is 0 Å². The highest BCUT2D eigenvalue weighted by Crippen LogP contribution is 2.58. The standard InChI is InChI=1S/C29H55NO4/c1-11-17-29(10,25(32)34-21-20-30-18-15-13-14-16-19-30)27(7,8)26(5,6)22-28(9,23(3)4)24(31)33-12-2/h23H,11-22H2,1-10H3. The van der Waals surface area contributed by atoms with Crippen molar-refractivity contribution in [1.82, 2.24) is 4.90 Å². The van der Waals surface area contributed by atoms with Crippen LogP contribution in [0.15, 0.2) is 0 Å². The lowest BCUT2D eigenvalue weighted by atomic mass is 9.49. The molecule has 1 rings (SSSR count). The number of esters is 2. The van der Waals surface area contributed by atoms with Gasteiger partial charge in [-0.25, -0.2) is 0 Å². The van der Waals surface area contributed by atoms with E-state index in [0.29, 0.717) is 19.6 Å². The van der Waals surface area contributed by atoms with Gasteiger partial charge in [-0.15, -0.1) is 0 Å². The van der Waals surface area contributed by atoms with E-state index in [1.165, 1.54) is 25.7 Å². The summed E-state index contributed by atoms with van der Waals surface area (Å²) < 4.78 is 11.5. The molecule has 0 N–H and O–H groups in total. The molecule has 200 valence electrons. The number of nitrogens with zero attached hydrogens (tertiary/aromatic N) is 1. The molecule has 0 saturated carbocycles. The van der Waals surface area contributed by atoms with E-state index < -0.39 is 16.2 Å². The van der Waals surface area contributed by atoms with Crippen molar-refractivity contribution in [3.05, 3.63) is 0 Å². The third-order valence-corrected chi connectivity index (χ3v) is 9.44. The van der Waals surface area contributed by atoms with Crippen molar-refractivity contribution >= 4 is 11.9 Å². The summed E-state index contributed by atoms with van der Waals surface area (Å²) in [4.78, 5) is 29.1. The highest BCUT2D eigenvalue weighted by Gasteiger charge is 2.57. The molecule has 5 nitrogen and oxygen atoms in total. The van der Waals surface area contributed by atoms with E-state index in [4.69, 9.17) is 9.47 Å². The fourth-order valence-corrected chi connectivity index (χ4v) is 5.65. The highest BCUT2D eigenvalue weighted by molar-refractivity contribution is 5.78. The lowest BCUT2D eigenvalue weighted by molar-refractivity contribution is -0.176. The average molecular weight is 482 g/mol. The second-order valence-electron chi connectivity index (χ2n) is 12.5. The Balaban J connectivity index is 3.09. The Morgan fingerprint density at radius 1 is 0.853 bits per heavy atom. The maximum Gasteiger partial charge on any atom is 0.312 e. The topological polar surface area (TPSA) is 55.8 Å². The predicted molar refractivity (Wildman–Crippen MR) is 141 cm³/mol. The number of rotatable bonds is 13. The van der Waals surface area contributed by atoms with Gasteiger partial charge in [-0.05, 0) is 76.3 Å². The van der Waals surface area contributed by atoms with Crippen LogP contribution in [0.3, 0.4) is 0 Å². The van der Waals surface area contributed by atoms with Gasteiger partial charge in [-0.3, -0.25) is 14.5 Å². The van der Waals surface area contributed by atoms with E-state index in [0.717, 1.165) is 32.5 Å².